The van der Waals surface area contributed by atoms with E-state index in [-0.39, 0.29) is 5.91 Å². The third-order valence-corrected chi connectivity index (χ3v) is 5.72. The van der Waals surface area contributed by atoms with Gasteiger partial charge in [-0.15, -0.1) is 0 Å². The summed E-state index contributed by atoms with van der Waals surface area (Å²) in [5, 5.41) is 0.616. The third-order valence-electron chi connectivity index (χ3n) is 4.76. The molecule has 0 spiro atoms. The first-order chi connectivity index (χ1) is 14.1. The van der Waals surface area contributed by atoms with Crippen molar-refractivity contribution in [2.45, 2.75) is 19.4 Å². The predicted octanol–water partition coefficient (Wildman–Crippen LogP) is 4.30. The van der Waals surface area contributed by atoms with E-state index in [1.807, 2.05) is 54.6 Å². The van der Waals surface area contributed by atoms with Gasteiger partial charge in [-0.05, 0) is 36.8 Å². The van der Waals surface area contributed by atoms with Gasteiger partial charge < -0.3 is 9.47 Å². The average Bonchev–Trinajstić information content (AvgIpc) is 2.73. The highest BCUT2D eigenvalue weighted by atomic mass is 32.2. The van der Waals surface area contributed by atoms with E-state index in [4.69, 9.17) is 9.47 Å². The first kappa shape index (κ1) is 19.3. The molecule has 6 nitrogen and oxygen atoms in total. The molecule has 2 aliphatic heterocycles. The number of amidine groups is 1. The van der Waals surface area contributed by atoms with Crippen molar-refractivity contribution in [2.24, 2.45) is 4.99 Å². The Morgan fingerprint density at radius 1 is 1.14 bits per heavy atom. The SMILES string of the molecule is COC(=O)C1=C(C)N=C2SCCC(=O)N2[C@@H]1c1cccc(Oc2ccccc2)c1. The van der Waals surface area contributed by atoms with Crippen LogP contribution in [0.3, 0.4) is 0 Å². The van der Waals surface area contributed by atoms with Crippen LogP contribution >= 0.6 is 11.8 Å². The van der Waals surface area contributed by atoms with Gasteiger partial charge >= 0.3 is 5.97 Å². The minimum absolute atomic E-state index is 0.0595. The van der Waals surface area contributed by atoms with E-state index in [2.05, 4.69) is 4.99 Å². The maximum atomic E-state index is 12.8. The van der Waals surface area contributed by atoms with Crippen molar-refractivity contribution >= 4 is 28.8 Å². The summed E-state index contributed by atoms with van der Waals surface area (Å²) >= 11 is 1.52. The maximum absolute atomic E-state index is 12.8. The van der Waals surface area contributed by atoms with Crippen molar-refractivity contribution in [3.8, 4) is 11.5 Å². The number of esters is 1. The third kappa shape index (κ3) is 3.78. The topological polar surface area (TPSA) is 68.2 Å². The van der Waals surface area contributed by atoms with Crippen LogP contribution in [0, 0.1) is 0 Å². The summed E-state index contributed by atoms with van der Waals surface area (Å²) in [5.41, 5.74) is 1.69. The van der Waals surface area contributed by atoms with Gasteiger partial charge in [-0.3, -0.25) is 9.69 Å². The van der Waals surface area contributed by atoms with Crippen molar-refractivity contribution in [3.63, 3.8) is 0 Å². The van der Waals surface area contributed by atoms with E-state index >= 15 is 0 Å². The summed E-state index contributed by atoms with van der Waals surface area (Å²) in [4.78, 5) is 31.5. The Morgan fingerprint density at radius 2 is 1.90 bits per heavy atom. The number of benzene rings is 2. The molecule has 4 rings (SSSR count). The second-order valence-corrected chi connectivity index (χ2v) is 7.70. The van der Waals surface area contributed by atoms with Gasteiger partial charge in [-0.1, -0.05) is 42.1 Å². The zero-order valence-electron chi connectivity index (χ0n) is 16.1. The van der Waals surface area contributed by atoms with Crippen molar-refractivity contribution in [1.82, 2.24) is 4.90 Å². The summed E-state index contributed by atoms with van der Waals surface area (Å²) in [7, 11) is 1.33. The average molecular weight is 408 g/mol. The van der Waals surface area contributed by atoms with E-state index < -0.39 is 12.0 Å². The van der Waals surface area contributed by atoms with Crippen LogP contribution in [0.2, 0.25) is 0 Å². The number of methoxy groups -OCH3 is 1. The smallest absolute Gasteiger partial charge is 0.338 e. The zero-order chi connectivity index (χ0) is 20.4. The molecule has 2 heterocycles. The molecule has 0 saturated carbocycles. The van der Waals surface area contributed by atoms with Gasteiger partial charge in [0.25, 0.3) is 0 Å². The lowest BCUT2D eigenvalue weighted by Crippen LogP contribution is -2.45. The summed E-state index contributed by atoms with van der Waals surface area (Å²) in [6.45, 7) is 1.77. The highest BCUT2D eigenvalue weighted by Crippen LogP contribution is 2.41. The summed E-state index contributed by atoms with van der Waals surface area (Å²) in [6.07, 6.45) is 0.397. The van der Waals surface area contributed by atoms with Gasteiger partial charge in [0.1, 0.15) is 11.5 Å². The minimum Gasteiger partial charge on any atom is -0.466 e. The molecule has 0 aliphatic carbocycles. The Hall–Kier alpha value is -3.06. The second-order valence-electron chi connectivity index (χ2n) is 6.64. The van der Waals surface area contributed by atoms with Gasteiger partial charge in [0.05, 0.1) is 24.4 Å². The molecule has 0 radical (unpaired) electrons. The van der Waals surface area contributed by atoms with Crippen molar-refractivity contribution in [1.29, 1.82) is 0 Å². The van der Waals surface area contributed by atoms with Crippen LogP contribution in [0.5, 0.6) is 11.5 Å². The van der Waals surface area contributed by atoms with Gasteiger partial charge in [0.2, 0.25) is 5.91 Å². The van der Waals surface area contributed by atoms with Gasteiger partial charge in [0, 0.05) is 12.2 Å². The minimum atomic E-state index is -0.602. The normalized spacial score (nSPS) is 18.8. The van der Waals surface area contributed by atoms with Gasteiger partial charge in [-0.25, -0.2) is 9.79 Å². The van der Waals surface area contributed by atoms with Crippen LogP contribution in [0.15, 0.2) is 70.9 Å². The molecular weight excluding hydrogens is 388 g/mol. The summed E-state index contributed by atoms with van der Waals surface area (Å²) in [6, 6.07) is 16.3. The van der Waals surface area contributed by atoms with Crippen LogP contribution in [-0.2, 0) is 14.3 Å². The Bertz CT molecular complexity index is 1020. The quantitative estimate of drug-likeness (QED) is 0.706. The Morgan fingerprint density at radius 3 is 2.66 bits per heavy atom. The predicted molar refractivity (Wildman–Crippen MR) is 112 cm³/mol. The number of hydrogen-bond donors (Lipinski definition) is 0. The Balaban J connectivity index is 1.78. The zero-order valence-corrected chi connectivity index (χ0v) is 16.9. The molecular formula is C22H20N2O4S. The number of carbonyl (C=O) groups excluding carboxylic acids is 2. The molecule has 2 aromatic rings. The Kier molecular flexibility index (Phi) is 5.40. The van der Waals surface area contributed by atoms with E-state index in [9.17, 15) is 9.59 Å². The van der Waals surface area contributed by atoms with Crippen molar-refractivity contribution in [3.05, 3.63) is 71.4 Å². The van der Waals surface area contributed by atoms with Crippen LogP contribution in [-0.4, -0.2) is 34.8 Å². The van der Waals surface area contributed by atoms with E-state index in [1.54, 1.807) is 11.8 Å². The molecule has 7 heteroatoms. The van der Waals surface area contributed by atoms with Gasteiger partial charge in [-0.2, -0.15) is 0 Å². The van der Waals surface area contributed by atoms with Crippen molar-refractivity contribution < 1.29 is 19.1 Å². The molecule has 0 bridgehead atoms. The number of rotatable bonds is 4. The lowest BCUT2D eigenvalue weighted by Gasteiger charge is -2.38. The molecule has 1 fully saturated rings. The number of fused-ring (bicyclic) bond motifs is 1. The number of aliphatic imine (C=N–C) groups is 1. The van der Waals surface area contributed by atoms with E-state index in [0.717, 1.165) is 5.56 Å². The van der Waals surface area contributed by atoms with E-state index in [0.29, 0.717) is 40.1 Å². The first-order valence-corrected chi connectivity index (χ1v) is 10.2. The highest BCUT2D eigenvalue weighted by molar-refractivity contribution is 8.14. The number of nitrogens with zero attached hydrogens (tertiary/aromatic N) is 2. The standard InChI is InChI=1S/C22H20N2O4S/c1-14-19(21(26)27-2)20(24-18(25)11-12-29-22(24)23-14)15-7-6-10-17(13-15)28-16-8-4-3-5-9-16/h3-10,13,20H,11-12H2,1-2H3/t20-/m1/s1. The molecule has 29 heavy (non-hydrogen) atoms. The fraction of sp³-hybridized carbons (Fsp3) is 0.227. The molecule has 1 amide bonds. The maximum Gasteiger partial charge on any atom is 0.338 e. The monoisotopic (exact) mass is 408 g/mol. The molecule has 148 valence electrons. The number of hydrogen-bond acceptors (Lipinski definition) is 6. The number of carbonyl (C=O) groups is 2. The van der Waals surface area contributed by atoms with Crippen molar-refractivity contribution in [2.75, 3.05) is 12.9 Å². The lowest BCUT2D eigenvalue weighted by atomic mass is 9.94. The molecule has 1 saturated heterocycles. The fourth-order valence-electron chi connectivity index (χ4n) is 3.46. The van der Waals surface area contributed by atoms with E-state index in [1.165, 1.54) is 18.9 Å². The molecule has 0 aromatic heterocycles. The van der Waals surface area contributed by atoms with Crippen LogP contribution in [0.25, 0.3) is 0 Å². The number of allylic oxidation sites excluding steroid dienone is 1. The Labute approximate surface area is 173 Å². The molecule has 1 atom stereocenters. The fourth-order valence-corrected chi connectivity index (χ4v) is 4.46. The molecule has 2 aliphatic rings. The molecule has 2 aromatic carbocycles. The number of amides is 1. The van der Waals surface area contributed by atoms with Gasteiger partial charge in [0.15, 0.2) is 5.17 Å². The summed E-state index contributed by atoms with van der Waals surface area (Å²) < 4.78 is 11.0. The van der Waals surface area contributed by atoms with Crippen LogP contribution in [0.4, 0.5) is 0 Å². The van der Waals surface area contributed by atoms with Crippen LogP contribution < -0.4 is 4.74 Å². The molecule has 0 N–H and O–H groups in total. The lowest BCUT2D eigenvalue weighted by molar-refractivity contribution is -0.137. The first-order valence-electron chi connectivity index (χ1n) is 9.24. The summed E-state index contributed by atoms with van der Waals surface area (Å²) in [5.74, 6) is 1.46. The number of thioether (sulfide) groups is 1. The number of para-hydroxylation sites is 1. The largest absolute Gasteiger partial charge is 0.466 e. The highest BCUT2D eigenvalue weighted by Gasteiger charge is 2.41. The van der Waals surface area contributed by atoms with Crippen LogP contribution in [0.1, 0.15) is 24.9 Å². The molecule has 0 unspecified atom stereocenters. The number of ether oxygens (including phenoxy) is 2. The second kappa shape index (κ2) is 8.13.